The van der Waals surface area contributed by atoms with Crippen LogP contribution in [0.15, 0.2) is 77.7 Å². The van der Waals surface area contributed by atoms with Crippen molar-refractivity contribution < 1.29 is 14.0 Å². The predicted molar refractivity (Wildman–Crippen MR) is 123 cm³/mol. The van der Waals surface area contributed by atoms with Crippen LogP contribution < -0.4 is 16.1 Å². The molecule has 0 radical (unpaired) electrons. The van der Waals surface area contributed by atoms with Gasteiger partial charge in [-0.05, 0) is 48.9 Å². The molecule has 0 aliphatic carbocycles. The van der Waals surface area contributed by atoms with Crippen LogP contribution in [0, 0.1) is 12.7 Å². The summed E-state index contributed by atoms with van der Waals surface area (Å²) in [7, 11) is 0. The van der Waals surface area contributed by atoms with Gasteiger partial charge in [0.2, 0.25) is 11.3 Å². The van der Waals surface area contributed by atoms with Gasteiger partial charge in [-0.25, -0.2) is 9.37 Å². The highest BCUT2D eigenvalue weighted by molar-refractivity contribution is 6.05. The molecule has 33 heavy (non-hydrogen) atoms. The molecular formula is C25H21FN4O3. The number of para-hydroxylation sites is 1. The zero-order chi connectivity index (χ0) is 23.4. The molecule has 0 saturated carbocycles. The van der Waals surface area contributed by atoms with E-state index >= 15 is 0 Å². The Morgan fingerprint density at radius 1 is 1.00 bits per heavy atom. The molecule has 166 valence electrons. The van der Waals surface area contributed by atoms with Gasteiger partial charge in [-0.1, -0.05) is 30.3 Å². The number of rotatable bonds is 6. The number of amides is 2. The third-order valence-corrected chi connectivity index (χ3v) is 5.05. The second-order valence-corrected chi connectivity index (χ2v) is 7.55. The lowest BCUT2D eigenvalue weighted by molar-refractivity contribution is -0.121. The van der Waals surface area contributed by atoms with Gasteiger partial charge in [-0.2, -0.15) is 0 Å². The number of nitrogens with zero attached hydrogens (tertiary/aromatic N) is 2. The second kappa shape index (κ2) is 9.44. The van der Waals surface area contributed by atoms with Crippen LogP contribution in [-0.4, -0.2) is 21.4 Å². The molecule has 8 heteroatoms. The van der Waals surface area contributed by atoms with Crippen LogP contribution in [0.2, 0.25) is 0 Å². The topological polar surface area (TPSA) is 93.1 Å². The summed E-state index contributed by atoms with van der Waals surface area (Å²) >= 11 is 0. The lowest BCUT2D eigenvalue weighted by Crippen LogP contribution is -2.30. The number of aryl methyl sites for hydroxylation is 1. The molecule has 0 unspecified atom stereocenters. The summed E-state index contributed by atoms with van der Waals surface area (Å²) in [5, 5.41) is 5.71. The average molecular weight is 444 g/mol. The van der Waals surface area contributed by atoms with Crippen molar-refractivity contribution in [1.29, 1.82) is 0 Å². The van der Waals surface area contributed by atoms with Crippen LogP contribution >= 0.6 is 0 Å². The Labute approximate surface area is 188 Å². The molecule has 2 N–H and O–H groups in total. The van der Waals surface area contributed by atoms with Gasteiger partial charge in [0, 0.05) is 24.1 Å². The SMILES string of the molecule is Cc1ccc2c(=O)c(C(=O)Nc3ccccc3)cn(CC(=O)NCc3ccc(F)cc3)c2n1. The van der Waals surface area contributed by atoms with Gasteiger partial charge in [0.1, 0.15) is 23.6 Å². The minimum atomic E-state index is -0.575. The largest absolute Gasteiger partial charge is 0.350 e. The number of aromatic nitrogens is 2. The molecule has 2 aromatic heterocycles. The molecule has 2 heterocycles. The maximum absolute atomic E-state index is 13.1. The number of pyridine rings is 2. The van der Waals surface area contributed by atoms with Gasteiger partial charge in [0.15, 0.2) is 0 Å². The molecule has 0 fully saturated rings. The third kappa shape index (κ3) is 5.12. The van der Waals surface area contributed by atoms with E-state index in [1.54, 1.807) is 55.5 Å². The van der Waals surface area contributed by atoms with E-state index in [4.69, 9.17) is 0 Å². The first-order chi connectivity index (χ1) is 15.9. The smallest absolute Gasteiger partial charge is 0.261 e. The highest BCUT2D eigenvalue weighted by Crippen LogP contribution is 2.13. The van der Waals surface area contributed by atoms with Crippen molar-refractivity contribution in [2.45, 2.75) is 20.0 Å². The number of benzene rings is 2. The number of nitrogens with one attached hydrogen (secondary N) is 2. The van der Waals surface area contributed by atoms with Crippen LogP contribution in [0.5, 0.6) is 0 Å². The van der Waals surface area contributed by atoms with Crippen LogP contribution in [0.3, 0.4) is 0 Å². The predicted octanol–water partition coefficient (Wildman–Crippen LogP) is 3.41. The molecule has 0 bridgehead atoms. The van der Waals surface area contributed by atoms with Gasteiger partial charge >= 0.3 is 0 Å². The number of fused-ring (bicyclic) bond motifs is 1. The molecule has 2 amide bonds. The van der Waals surface area contributed by atoms with Crippen molar-refractivity contribution in [3.63, 3.8) is 0 Å². The first-order valence-corrected chi connectivity index (χ1v) is 10.3. The van der Waals surface area contributed by atoms with E-state index in [0.29, 0.717) is 17.0 Å². The Bertz CT molecular complexity index is 1380. The molecule has 0 spiro atoms. The average Bonchev–Trinajstić information content (AvgIpc) is 2.81. The van der Waals surface area contributed by atoms with Gasteiger partial charge in [-0.15, -0.1) is 0 Å². The monoisotopic (exact) mass is 444 g/mol. The lowest BCUT2D eigenvalue weighted by Gasteiger charge is -2.14. The summed E-state index contributed by atoms with van der Waals surface area (Å²) in [5.74, 6) is -1.27. The molecule has 4 aromatic rings. The van der Waals surface area contributed by atoms with E-state index in [1.807, 2.05) is 6.07 Å². The van der Waals surface area contributed by atoms with Crippen molar-refractivity contribution in [2.24, 2.45) is 0 Å². The van der Waals surface area contributed by atoms with Crippen LogP contribution in [0.25, 0.3) is 11.0 Å². The fraction of sp³-hybridized carbons (Fsp3) is 0.120. The Hall–Kier alpha value is -4.33. The van der Waals surface area contributed by atoms with Gasteiger partial charge in [-0.3, -0.25) is 14.4 Å². The highest BCUT2D eigenvalue weighted by Gasteiger charge is 2.18. The van der Waals surface area contributed by atoms with Crippen molar-refractivity contribution >= 4 is 28.5 Å². The summed E-state index contributed by atoms with van der Waals surface area (Å²) in [6, 6.07) is 17.9. The maximum Gasteiger partial charge on any atom is 0.261 e. The van der Waals surface area contributed by atoms with Crippen molar-refractivity contribution in [3.05, 3.63) is 106 Å². The second-order valence-electron chi connectivity index (χ2n) is 7.55. The van der Waals surface area contributed by atoms with E-state index in [1.165, 1.54) is 22.9 Å². The third-order valence-electron chi connectivity index (χ3n) is 5.05. The molecule has 0 aliphatic heterocycles. The molecule has 0 aliphatic rings. The number of anilines is 1. The fourth-order valence-electron chi connectivity index (χ4n) is 3.38. The highest BCUT2D eigenvalue weighted by atomic mass is 19.1. The molecule has 0 saturated heterocycles. The number of hydrogen-bond acceptors (Lipinski definition) is 4. The molecular weight excluding hydrogens is 423 g/mol. The normalized spacial score (nSPS) is 10.7. The minimum absolute atomic E-state index is 0.0941. The van der Waals surface area contributed by atoms with Gasteiger partial charge < -0.3 is 15.2 Å². The molecule has 2 aromatic carbocycles. The Morgan fingerprint density at radius 3 is 2.45 bits per heavy atom. The first kappa shape index (κ1) is 21.9. The van der Waals surface area contributed by atoms with E-state index in [2.05, 4.69) is 15.6 Å². The number of halogens is 1. The summed E-state index contributed by atoms with van der Waals surface area (Å²) in [6.45, 7) is 1.84. The molecule has 7 nitrogen and oxygen atoms in total. The van der Waals surface area contributed by atoms with E-state index in [0.717, 1.165) is 5.56 Å². The summed E-state index contributed by atoms with van der Waals surface area (Å²) in [4.78, 5) is 42.9. The first-order valence-electron chi connectivity index (χ1n) is 10.3. The number of carbonyl (C=O) groups is 2. The van der Waals surface area contributed by atoms with Crippen LogP contribution in [0.1, 0.15) is 21.6 Å². The zero-order valence-corrected chi connectivity index (χ0v) is 17.8. The fourth-order valence-corrected chi connectivity index (χ4v) is 3.38. The minimum Gasteiger partial charge on any atom is -0.350 e. The van der Waals surface area contributed by atoms with Crippen molar-refractivity contribution in [1.82, 2.24) is 14.9 Å². The van der Waals surface area contributed by atoms with Crippen LogP contribution in [-0.2, 0) is 17.9 Å². The quantitative estimate of drug-likeness (QED) is 0.477. The standard InChI is InChI=1S/C25H21FN4O3/c1-16-7-12-20-23(32)21(25(33)29-19-5-3-2-4-6-19)14-30(24(20)28-16)15-22(31)27-13-17-8-10-18(26)11-9-17/h2-12,14H,13,15H2,1H3,(H,27,31)(H,29,33). The number of carbonyl (C=O) groups excluding carboxylic acids is 2. The lowest BCUT2D eigenvalue weighted by atomic mass is 10.1. The Kier molecular flexibility index (Phi) is 6.26. The van der Waals surface area contributed by atoms with Crippen LogP contribution in [0.4, 0.5) is 10.1 Å². The van der Waals surface area contributed by atoms with E-state index in [9.17, 15) is 18.8 Å². The summed E-state index contributed by atoms with van der Waals surface area (Å²) in [5.41, 5.74) is 1.72. The van der Waals surface area contributed by atoms with Crippen molar-refractivity contribution in [2.75, 3.05) is 5.32 Å². The summed E-state index contributed by atoms with van der Waals surface area (Å²) < 4.78 is 14.6. The molecule has 4 rings (SSSR count). The molecule has 0 atom stereocenters. The Morgan fingerprint density at radius 2 is 1.73 bits per heavy atom. The van der Waals surface area contributed by atoms with E-state index in [-0.39, 0.29) is 35.8 Å². The zero-order valence-electron chi connectivity index (χ0n) is 17.8. The number of hydrogen-bond donors (Lipinski definition) is 2. The van der Waals surface area contributed by atoms with Gasteiger partial charge in [0.05, 0.1) is 5.39 Å². The van der Waals surface area contributed by atoms with Gasteiger partial charge in [0.25, 0.3) is 5.91 Å². The summed E-state index contributed by atoms with van der Waals surface area (Å²) in [6.07, 6.45) is 1.35. The van der Waals surface area contributed by atoms with E-state index < -0.39 is 11.3 Å². The Balaban J connectivity index is 1.63. The maximum atomic E-state index is 13.1. The van der Waals surface area contributed by atoms with Crippen molar-refractivity contribution in [3.8, 4) is 0 Å².